The van der Waals surface area contributed by atoms with Gasteiger partial charge in [-0.05, 0) is 49.2 Å². The van der Waals surface area contributed by atoms with Crippen molar-refractivity contribution < 1.29 is 4.74 Å². The molecule has 1 atom stereocenters. The van der Waals surface area contributed by atoms with E-state index < -0.39 is 0 Å². The third-order valence-corrected chi connectivity index (χ3v) is 6.27. The molecule has 0 spiro atoms. The SMILES string of the molecule is O=c1c2c3nc4ccccc4nc3n(-c3ccc(Br)cc3)c2ncn1C[C@@H]1CCCO1. The molecular formula is C23H18BrN5O2. The van der Waals surface area contributed by atoms with Crippen molar-refractivity contribution in [1.82, 2.24) is 24.1 Å². The van der Waals surface area contributed by atoms with Gasteiger partial charge in [-0.2, -0.15) is 0 Å². The molecule has 6 rings (SSSR count). The minimum atomic E-state index is -0.119. The molecule has 0 unspecified atom stereocenters. The monoisotopic (exact) mass is 475 g/mol. The van der Waals surface area contributed by atoms with Gasteiger partial charge < -0.3 is 4.74 Å². The molecule has 2 aromatic carbocycles. The quantitative estimate of drug-likeness (QED) is 0.390. The summed E-state index contributed by atoms with van der Waals surface area (Å²) in [5.41, 5.74) is 4.02. The third kappa shape index (κ3) is 3.05. The summed E-state index contributed by atoms with van der Waals surface area (Å²) in [6, 6.07) is 15.5. The lowest BCUT2D eigenvalue weighted by Crippen LogP contribution is -2.26. The minimum absolute atomic E-state index is 0.0451. The molecule has 154 valence electrons. The summed E-state index contributed by atoms with van der Waals surface area (Å²) in [5, 5.41) is 0.483. The Labute approximate surface area is 185 Å². The summed E-state index contributed by atoms with van der Waals surface area (Å²) in [4.78, 5) is 27.9. The average Bonchev–Trinajstić information content (AvgIpc) is 3.41. The van der Waals surface area contributed by atoms with Gasteiger partial charge in [0.1, 0.15) is 17.2 Å². The Kier molecular flexibility index (Phi) is 4.36. The number of para-hydroxylation sites is 2. The van der Waals surface area contributed by atoms with Crippen molar-refractivity contribution in [2.75, 3.05) is 6.61 Å². The molecule has 0 saturated carbocycles. The molecule has 0 amide bonds. The molecule has 1 saturated heterocycles. The van der Waals surface area contributed by atoms with Gasteiger partial charge in [-0.15, -0.1) is 0 Å². The normalized spacial score (nSPS) is 16.6. The summed E-state index contributed by atoms with van der Waals surface area (Å²) in [6.45, 7) is 1.24. The van der Waals surface area contributed by atoms with Crippen LogP contribution in [0.2, 0.25) is 0 Å². The third-order valence-electron chi connectivity index (χ3n) is 5.74. The summed E-state index contributed by atoms with van der Waals surface area (Å²) in [5.74, 6) is 0. The Hall–Kier alpha value is -3.10. The molecule has 3 aromatic heterocycles. The van der Waals surface area contributed by atoms with Crippen molar-refractivity contribution in [1.29, 1.82) is 0 Å². The minimum Gasteiger partial charge on any atom is -0.376 e. The first-order chi connectivity index (χ1) is 15.2. The first kappa shape index (κ1) is 18.7. The second-order valence-electron chi connectivity index (χ2n) is 7.73. The van der Waals surface area contributed by atoms with Gasteiger partial charge in [0, 0.05) is 16.8 Å². The van der Waals surface area contributed by atoms with Crippen molar-refractivity contribution in [3.63, 3.8) is 0 Å². The zero-order chi connectivity index (χ0) is 20.9. The fraction of sp³-hybridized carbons (Fsp3) is 0.217. The Balaban J connectivity index is 1.68. The van der Waals surface area contributed by atoms with Crippen LogP contribution in [0.15, 0.2) is 64.1 Å². The fourth-order valence-electron chi connectivity index (χ4n) is 4.24. The Morgan fingerprint density at radius 1 is 1.03 bits per heavy atom. The van der Waals surface area contributed by atoms with Gasteiger partial charge in [-0.25, -0.2) is 15.0 Å². The molecular weight excluding hydrogens is 458 g/mol. The van der Waals surface area contributed by atoms with E-state index in [4.69, 9.17) is 14.7 Å². The van der Waals surface area contributed by atoms with Crippen LogP contribution in [0, 0.1) is 0 Å². The first-order valence-electron chi connectivity index (χ1n) is 10.2. The van der Waals surface area contributed by atoms with E-state index in [0.29, 0.717) is 28.7 Å². The standard InChI is InChI=1S/C23H18BrN5O2/c24-14-7-9-15(10-8-14)29-21-19(20-22(29)27-18-6-2-1-5-17(18)26-20)23(30)28(13-25-21)12-16-4-3-11-31-16/h1-2,5-10,13,16H,3-4,11-12H2/t16-/m0/s1. The fourth-order valence-corrected chi connectivity index (χ4v) is 4.51. The molecule has 0 bridgehead atoms. The molecule has 7 nitrogen and oxygen atoms in total. The highest BCUT2D eigenvalue weighted by atomic mass is 79.9. The van der Waals surface area contributed by atoms with Crippen molar-refractivity contribution in [2.24, 2.45) is 0 Å². The van der Waals surface area contributed by atoms with E-state index in [2.05, 4.69) is 20.9 Å². The number of ether oxygens (including phenoxy) is 1. The van der Waals surface area contributed by atoms with Crippen LogP contribution in [0.25, 0.3) is 38.9 Å². The predicted molar refractivity (Wildman–Crippen MR) is 123 cm³/mol. The number of fused-ring (bicyclic) bond motifs is 4. The van der Waals surface area contributed by atoms with Crippen LogP contribution in [-0.4, -0.2) is 36.8 Å². The van der Waals surface area contributed by atoms with E-state index >= 15 is 0 Å². The Morgan fingerprint density at radius 2 is 1.81 bits per heavy atom. The summed E-state index contributed by atoms with van der Waals surface area (Å²) >= 11 is 3.49. The van der Waals surface area contributed by atoms with Crippen molar-refractivity contribution in [3.05, 3.63) is 69.7 Å². The van der Waals surface area contributed by atoms with E-state index in [9.17, 15) is 4.79 Å². The molecule has 31 heavy (non-hydrogen) atoms. The van der Waals surface area contributed by atoms with Gasteiger partial charge in [-0.3, -0.25) is 13.9 Å². The van der Waals surface area contributed by atoms with Crippen molar-refractivity contribution >= 4 is 49.2 Å². The maximum Gasteiger partial charge on any atom is 0.265 e. The second-order valence-corrected chi connectivity index (χ2v) is 8.65. The van der Waals surface area contributed by atoms with Gasteiger partial charge in [-0.1, -0.05) is 28.1 Å². The van der Waals surface area contributed by atoms with E-state index in [-0.39, 0.29) is 11.7 Å². The molecule has 0 radical (unpaired) electrons. The lowest BCUT2D eigenvalue weighted by molar-refractivity contribution is 0.0960. The lowest BCUT2D eigenvalue weighted by Gasteiger charge is -2.11. The van der Waals surface area contributed by atoms with Crippen LogP contribution < -0.4 is 5.56 Å². The highest BCUT2D eigenvalue weighted by Gasteiger charge is 2.22. The number of hydrogen-bond donors (Lipinski definition) is 0. The van der Waals surface area contributed by atoms with Crippen LogP contribution in [0.1, 0.15) is 12.8 Å². The van der Waals surface area contributed by atoms with Gasteiger partial charge in [0.25, 0.3) is 5.56 Å². The number of rotatable bonds is 3. The van der Waals surface area contributed by atoms with E-state index in [0.717, 1.165) is 40.6 Å². The van der Waals surface area contributed by atoms with Crippen LogP contribution in [0.5, 0.6) is 0 Å². The highest BCUT2D eigenvalue weighted by Crippen LogP contribution is 2.29. The maximum absolute atomic E-state index is 13.5. The number of hydrogen-bond acceptors (Lipinski definition) is 5. The summed E-state index contributed by atoms with van der Waals surface area (Å²) < 4.78 is 10.3. The topological polar surface area (TPSA) is 74.8 Å². The number of aromatic nitrogens is 5. The molecule has 0 aliphatic carbocycles. The van der Waals surface area contributed by atoms with Gasteiger partial charge in [0.15, 0.2) is 11.3 Å². The van der Waals surface area contributed by atoms with Crippen LogP contribution in [0.3, 0.4) is 0 Å². The maximum atomic E-state index is 13.5. The zero-order valence-electron chi connectivity index (χ0n) is 16.5. The van der Waals surface area contributed by atoms with Crippen LogP contribution >= 0.6 is 15.9 Å². The Morgan fingerprint density at radius 3 is 2.55 bits per heavy atom. The molecule has 0 N–H and O–H groups in total. The van der Waals surface area contributed by atoms with E-state index in [1.54, 1.807) is 10.9 Å². The second kappa shape index (κ2) is 7.25. The largest absolute Gasteiger partial charge is 0.376 e. The predicted octanol–water partition coefficient (Wildman–Crippen LogP) is 4.23. The number of benzene rings is 2. The van der Waals surface area contributed by atoms with Gasteiger partial charge >= 0.3 is 0 Å². The molecule has 1 fully saturated rings. The van der Waals surface area contributed by atoms with Crippen molar-refractivity contribution in [3.8, 4) is 5.69 Å². The number of nitrogens with zero attached hydrogens (tertiary/aromatic N) is 5. The molecule has 1 aliphatic heterocycles. The van der Waals surface area contributed by atoms with E-state index in [1.807, 2.05) is 53.1 Å². The zero-order valence-corrected chi connectivity index (χ0v) is 18.1. The average molecular weight is 476 g/mol. The van der Waals surface area contributed by atoms with Gasteiger partial charge in [0.2, 0.25) is 0 Å². The number of halogens is 1. The summed E-state index contributed by atoms with van der Waals surface area (Å²) in [6.07, 6.45) is 3.63. The Bertz CT molecular complexity index is 1500. The molecule has 4 heterocycles. The smallest absolute Gasteiger partial charge is 0.265 e. The highest BCUT2D eigenvalue weighted by molar-refractivity contribution is 9.10. The molecule has 8 heteroatoms. The van der Waals surface area contributed by atoms with Crippen molar-refractivity contribution in [2.45, 2.75) is 25.5 Å². The van der Waals surface area contributed by atoms with Gasteiger partial charge in [0.05, 0.1) is 23.7 Å². The lowest BCUT2D eigenvalue weighted by atomic mass is 10.2. The van der Waals surface area contributed by atoms with E-state index in [1.165, 1.54) is 0 Å². The van der Waals surface area contributed by atoms with Crippen LogP contribution in [0.4, 0.5) is 0 Å². The first-order valence-corrected chi connectivity index (χ1v) is 11.0. The van der Waals surface area contributed by atoms with Crippen LogP contribution in [-0.2, 0) is 11.3 Å². The summed E-state index contributed by atoms with van der Waals surface area (Å²) in [7, 11) is 0. The molecule has 5 aromatic rings. The molecule has 1 aliphatic rings.